The van der Waals surface area contributed by atoms with Gasteiger partial charge in [-0.05, 0) is 31.9 Å². The highest BCUT2D eigenvalue weighted by molar-refractivity contribution is 14.0. The molecule has 1 heterocycles. The molecule has 4 nitrogen and oxygen atoms in total. The molecular formula is C18H26ClFIN3O. The molecule has 7 heteroatoms. The van der Waals surface area contributed by atoms with Crippen LogP contribution in [-0.4, -0.2) is 50.3 Å². The summed E-state index contributed by atoms with van der Waals surface area (Å²) < 4.78 is 19.3. The standard InChI is InChI=1S/C18H25ClFN3O.HI/c1-3-21-18(23-8-7-12(10-23)11-24-2)22-16-9-13(16)17-14(19)5-4-6-15(17)20;/h4-6,12-13,16H,3,7-11H2,1-2H3,(H,21,22);1H. The van der Waals surface area contributed by atoms with Gasteiger partial charge in [0.2, 0.25) is 0 Å². The van der Waals surface area contributed by atoms with Crippen LogP contribution in [0, 0.1) is 11.7 Å². The molecule has 2 aliphatic rings. The first-order valence-corrected chi connectivity index (χ1v) is 9.00. The van der Waals surface area contributed by atoms with Gasteiger partial charge in [-0.25, -0.2) is 4.39 Å². The number of benzene rings is 1. The molecule has 1 aliphatic heterocycles. The summed E-state index contributed by atoms with van der Waals surface area (Å²) in [6.07, 6.45) is 2.00. The maximum atomic E-state index is 14.1. The van der Waals surface area contributed by atoms with Crippen molar-refractivity contribution in [3.8, 4) is 0 Å². The summed E-state index contributed by atoms with van der Waals surface area (Å²) >= 11 is 6.19. The molecule has 1 saturated heterocycles. The van der Waals surface area contributed by atoms with Crippen molar-refractivity contribution in [1.82, 2.24) is 10.2 Å². The van der Waals surface area contributed by atoms with Crippen molar-refractivity contribution in [2.24, 2.45) is 10.9 Å². The van der Waals surface area contributed by atoms with Crippen molar-refractivity contribution in [1.29, 1.82) is 0 Å². The number of halogens is 3. The Morgan fingerprint density at radius 2 is 2.28 bits per heavy atom. The summed E-state index contributed by atoms with van der Waals surface area (Å²) in [5.74, 6) is 1.39. The minimum atomic E-state index is -0.216. The van der Waals surface area contributed by atoms with Gasteiger partial charge in [0.1, 0.15) is 5.82 Å². The number of ether oxygens (including phenoxy) is 1. The molecule has 1 aromatic carbocycles. The third kappa shape index (κ3) is 4.98. The fraction of sp³-hybridized carbons (Fsp3) is 0.611. The van der Waals surface area contributed by atoms with E-state index in [9.17, 15) is 4.39 Å². The lowest BCUT2D eigenvalue weighted by atomic mass is 10.1. The first-order valence-electron chi connectivity index (χ1n) is 8.62. The van der Waals surface area contributed by atoms with Gasteiger partial charge >= 0.3 is 0 Å². The van der Waals surface area contributed by atoms with E-state index in [0.29, 0.717) is 16.5 Å². The number of aliphatic imine (C=N–C) groups is 1. The Bertz CT molecular complexity index is 596. The predicted octanol–water partition coefficient (Wildman–Crippen LogP) is 3.89. The van der Waals surface area contributed by atoms with Crippen LogP contribution in [0.25, 0.3) is 0 Å². The van der Waals surface area contributed by atoms with E-state index in [2.05, 4.69) is 15.2 Å². The number of methoxy groups -OCH3 is 1. The van der Waals surface area contributed by atoms with Crippen molar-refractivity contribution in [2.45, 2.75) is 31.7 Å². The first kappa shape index (κ1) is 20.7. The van der Waals surface area contributed by atoms with Crippen LogP contribution in [0.15, 0.2) is 23.2 Å². The number of nitrogens with zero attached hydrogens (tertiary/aromatic N) is 2. The molecule has 1 N–H and O–H groups in total. The highest BCUT2D eigenvalue weighted by atomic mass is 127. The Balaban J connectivity index is 0.00000225. The van der Waals surface area contributed by atoms with E-state index >= 15 is 0 Å². The van der Waals surface area contributed by atoms with Crippen molar-refractivity contribution < 1.29 is 9.13 Å². The zero-order valence-electron chi connectivity index (χ0n) is 14.7. The molecular weight excluding hydrogens is 456 g/mol. The fourth-order valence-corrected chi connectivity index (χ4v) is 3.79. The topological polar surface area (TPSA) is 36.9 Å². The summed E-state index contributed by atoms with van der Waals surface area (Å²) in [4.78, 5) is 6.90. The van der Waals surface area contributed by atoms with E-state index in [1.165, 1.54) is 6.07 Å². The molecule has 25 heavy (non-hydrogen) atoms. The van der Waals surface area contributed by atoms with E-state index in [0.717, 1.165) is 45.0 Å². The van der Waals surface area contributed by atoms with Gasteiger partial charge < -0.3 is 15.0 Å². The second kappa shape index (κ2) is 9.37. The van der Waals surface area contributed by atoms with Crippen LogP contribution in [0.3, 0.4) is 0 Å². The van der Waals surface area contributed by atoms with Crippen LogP contribution in [-0.2, 0) is 4.74 Å². The van der Waals surface area contributed by atoms with Gasteiger partial charge in [-0.1, -0.05) is 17.7 Å². The van der Waals surface area contributed by atoms with E-state index in [1.807, 2.05) is 6.92 Å². The zero-order chi connectivity index (χ0) is 17.1. The number of hydrogen-bond donors (Lipinski definition) is 1. The zero-order valence-corrected chi connectivity index (χ0v) is 17.8. The van der Waals surface area contributed by atoms with Gasteiger partial charge in [0.05, 0.1) is 6.61 Å². The molecule has 0 aromatic heterocycles. The van der Waals surface area contributed by atoms with Gasteiger partial charge in [0, 0.05) is 55.2 Å². The quantitative estimate of drug-likeness (QED) is 0.394. The first-order chi connectivity index (χ1) is 11.6. The molecule has 3 unspecified atom stereocenters. The predicted molar refractivity (Wildman–Crippen MR) is 111 cm³/mol. The van der Waals surface area contributed by atoms with E-state index < -0.39 is 0 Å². The normalized spacial score (nSPS) is 25.7. The minimum absolute atomic E-state index is 0. The van der Waals surface area contributed by atoms with Crippen LogP contribution in [0.2, 0.25) is 5.02 Å². The van der Waals surface area contributed by atoms with Crippen molar-refractivity contribution >= 4 is 41.5 Å². The monoisotopic (exact) mass is 481 g/mol. The van der Waals surface area contributed by atoms with Crippen molar-refractivity contribution in [3.63, 3.8) is 0 Å². The van der Waals surface area contributed by atoms with Gasteiger partial charge in [-0.3, -0.25) is 4.99 Å². The largest absolute Gasteiger partial charge is 0.384 e. The SMILES string of the molecule is CCN=C(NC1CC1c1c(F)cccc1Cl)N1CCC(COC)C1.I. The molecule has 0 bridgehead atoms. The lowest BCUT2D eigenvalue weighted by Crippen LogP contribution is -2.42. The summed E-state index contributed by atoms with van der Waals surface area (Å²) in [6.45, 7) is 5.48. The molecule has 3 rings (SSSR count). The number of hydrogen-bond acceptors (Lipinski definition) is 2. The summed E-state index contributed by atoms with van der Waals surface area (Å²) in [7, 11) is 1.74. The molecule has 140 valence electrons. The van der Waals surface area contributed by atoms with Gasteiger partial charge in [-0.15, -0.1) is 24.0 Å². The Labute approximate surface area is 171 Å². The Hall–Kier alpha value is -0.600. The smallest absolute Gasteiger partial charge is 0.194 e. The van der Waals surface area contributed by atoms with Crippen molar-refractivity contribution in [3.05, 3.63) is 34.6 Å². The lowest BCUT2D eigenvalue weighted by molar-refractivity contribution is 0.157. The Morgan fingerprint density at radius 1 is 1.48 bits per heavy atom. The van der Waals surface area contributed by atoms with Crippen LogP contribution < -0.4 is 5.32 Å². The average Bonchev–Trinajstić information content (AvgIpc) is 3.12. The van der Waals surface area contributed by atoms with Crippen LogP contribution in [0.1, 0.15) is 31.2 Å². The second-order valence-corrected chi connectivity index (χ2v) is 6.99. The number of guanidine groups is 1. The maximum Gasteiger partial charge on any atom is 0.194 e. The molecule has 0 radical (unpaired) electrons. The second-order valence-electron chi connectivity index (χ2n) is 6.58. The molecule has 1 aliphatic carbocycles. The molecule has 0 amide bonds. The summed E-state index contributed by atoms with van der Waals surface area (Å²) in [6, 6.07) is 5.08. The lowest BCUT2D eigenvalue weighted by Gasteiger charge is -2.22. The highest BCUT2D eigenvalue weighted by Crippen LogP contribution is 2.45. The average molecular weight is 482 g/mol. The van der Waals surface area contributed by atoms with E-state index in [-0.39, 0.29) is 41.8 Å². The van der Waals surface area contributed by atoms with Crippen molar-refractivity contribution in [2.75, 3.05) is 33.4 Å². The van der Waals surface area contributed by atoms with Gasteiger partial charge in [-0.2, -0.15) is 0 Å². The molecule has 2 fully saturated rings. The fourth-order valence-electron chi connectivity index (χ4n) is 3.49. The molecule has 0 spiro atoms. The maximum absolute atomic E-state index is 14.1. The molecule has 3 atom stereocenters. The number of likely N-dealkylation sites (tertiary alicyclic amines) is 1. The number of nitrogens with one attached hydrogen (secondary N) is 1. The van der Waals surface area contributed by atoms with E-state index in [4.69, 9.17) is 16.3 Å². The minimum Gasteiger partial charge on any atom is -0.384 e. The van der Waals surface area contributed by atoms with Crippen LogP contribution in [0.4, 0.5) is 4.39 Å². The van der Waals surface area contributed by atoms with Crippen LogP contribution in [0.5, 0.6) is 0 Å². The van der Waals surface area contributed by atoms with E-state index in [1.54, 1.807) is 19.2 Å². The number of rotatable bonds is 5. The summed E-state index contributed by atoms with van der Waals surface area (Å²) in [5.41, 5.74) is 0.631. The summed E-state index contributed by atoms with van der Waals surface area (Å²) in [5, 5.41) is 4.02. The Morgan fingerprint density at radius 3 is 2.96 bits per heavy atom. The Kier molecular flexibility index (Phi) is 7.76. The third-order valence-electron chi connectivity index (χ3n) is 4.77. The molecule has 1 aromatic rings. The third-order valence-corrected chi connectivity index (χ3v) is 5.10. The van der Waals surface area contributed by atoms with Gasteiger partial charge in [0.25, 0.3) is 0 Å². The highest BCUT2D eigenvalue weighted by Gasteiger charge is 2.42. The van der Waals surface area contributed by atoms with Gasteiger partial charge in [0.15, 0.2) is 5.96 Å². The van der Waals surface area contributed by atoms with Crippen LogP contribution >= 0.6 is 35.6 Å². The molecule has 1 saturated carbocycles.